The van der Waals surface area contributed by atoms with Crippen molar-refractivity contribution in [2.24, 2.45) is 0 Å². The highest BCUT2D eigenvalue weighted by Crippen LogP contribution is 2.36. The van der Waals surface area contributed by atoms with Gasteiger partial charge in [-0.15, -0.1) is 0 Å². The number of aromatic nitrogens is 2. The Balaban J connectivity index is 1.23. The SMILES string of the molecule is CCC1=C(C(=O)Nc2ccc(N3CCCCC3)nc2)c2cc(-c3cncc(CN4CCCCC4)c3)ccc2NC1. The summed E-state index contributed by atoms with van der Waals surface area (Å²) in [5, 5.41) is 6.66. The van der Waals surface area contributed by atoms with Gasteiger partial charge in [0.05, 0.1) is 11.9 Å². The third kappa shape index (κ3) is 5.89. The Bertz CT molecular complexity index is 1370. The Labute approximate surface area is 237 Å². The van der Waals surface area contributed by atoms with Crippen molar-refractivity contribution < 1.29 is 4.79 Å². The Morgan fingerprint density at radius 2 is 1.70 bits per heavy atom. The van der Waals surface area contributed by atoms with E-state index in [1.807, 2.05) is 24.5 Å². The van der Waals surface area contributed by atoms with Crippen molar-refractivity contribution in [1.29, 1.82) is 0 Å². The van der Waals surface area contributed by atoms with E-state index in [0.717, 1.165) is 84.2 Å². The molecule has 3 aliphatic rings. The highest BCUT2D eigenvalue weighted by Gasteiger charge is 2.25. The number of likely N-dealkylation sites (tertiary alicyclic amines) is 1. The minimum absolute atomic E-state index is 0.0822. The van der Waals surface area contributed by atoms with Crippen LogP contribution in [0, 0.1) is 0 Å². The fourth-order valence-corrected chi connectivity index (χ4v) is 6.22. The number of piperidine rings is 2. The molecule has 6 rings (SSSR count). The van der Waals surface area contributed by atoms with E-state index >= 15 is 0 Å². The van der Waals surface area contributed by atoms with Gasteiger partial charge in [0.25, 0.3) is 5.91 Å². The average Bonchev–Trinajstić information content (AvgIpc) is 3.01. The number of carbonyl (C=O) groups excluding carboxylic acids is 1. The summed E-state index contributed by atoms with van der Waals surface area (Å²) in [4.78, 5) is 27.8. The van der Waals surface area contributed by atoms with Crippen LogP contribution in [0.25, 0.3) is 16.7 Å². The summed E-state index contributed by atoms with van der Waals surface area (Å²) in [5.74, 6) is 0.903. The van der Waals surface area contributed by atoms with Crippen LogP contribution in [0.2, 0.25) is 0 Å². The minimum Gasteiger partial charge on any atom is -0.381 e. The molecule has 2 fully saturated rings. The molecule has 0 bridgehead atoms. The lowest BCUT2D eigenvalue weighted by molar-refractivity contribution is -0.111. The third-order valence-electron chi connectivity index (χ3n) is 8.46. The van der Waals surface area contributed by atoms with Gasteiger partial charge in [0, 0.05) is 61.0 Å². The maximum absolute atomic E-state index is 13.8. The van der Waals surface area contributed by atoms with Crippen molar-refractivity contribution in [1.82, 2.24) is 14.9 Å². The fraction of sp³-hybridized carbons (Fsp3) is 0.424. The van der Waals surface area contributed by atoms with Gasteiger partial charge < -0.3 is 15.5 Å². The zero-order chi connectivity index (χ0) is 27.3. The van der Waals surface area contributed by atoms with E-state index in [4.69, 9.17) is 0 Å². The van der Waals surface area contributed by atoms with E-state index in [9.17, 15) is 4.79 Å². The summed E-state index contributed by atoms with van der Waals surface area (Å²) in [6.07, 6.45) is 14.1. The highest BCUT2D eigenvalue weighted by atomic mass is 16.1. The summed E-state index contributed by atoms with van der Waals surface area (Å²) in [5.41, 5.74) is 7.91. The van der Waals surface area contributed by atoms with E-state index in [2.05, 4.69) is 61.6 Å². The van der Waals surface area contributed by atoms with Gasteiger partial charge in [-0.2, -0.15) is 0 Å². The molecular formula is C33H40N6O. The molecule has 0 unspecified atom stereocenters. The predicted molar refractivity (Wildman–Crippen MR) is 163 cm³/mol. The lowest BCUT2D eigenvalue weighted by atomic mass is 9.90. The quantitative estimate of drug-likeness (QED) is 0.367. The number of amides is 1. The normalized spacial score (nSPS) is 17.8. The molecule has 40 heavy (non-hydrogen) atoms. The summed E-state index contributed by atoms with van der Waals surface area (Å²) in [6, 6.07) is 12.6. The Morgan fingerprint density at radius 3 is 2.45 bits per heavy atom. The average molecular weight is 537 g/mol. The molecule has 3 aliphatic heterocycles. The molecule has 3 aromatic rings. The van der Waals surface area contributed by atoms with Crippen molar-refractivity contribution >= 4 is 28.7 Å². The number of benzene rings is 1. The van der Waals surface area contributed by atoms with Crippen molar-refractivity contribution in [3.63, 3.8) is 0 Å². The van der Waals surface area contributed by atoms with Gasteiger partial charge >= 0.3 is 0 Å². The van der Waals surface area contributed by atoms with Gasteiger partial charge in [0.1, 0.15) is 5.82 Å². The van der Waals surface area contributed by atoms with Crippen LogP contribution in [0.4, 0.5) is 17.2 Å². The van der Waals surface area contributed by atoms with E-state index in [-0.39, 0.29) is 5.91 Å². The van der Waals surface area contributed by atoms with Gasteiger partial charge in [-0.3, -0.25) is 14.7 Å². The molecule has 5 heterocycles. The number of anilines is 3. The zero-order valence-electron chi connectivity index (χ0n) is 23.6. The molecule has 7 heteroatoms. The molecule has 2 aromatic heterocycles. The van der Waals surface area contributed by atoms with Crippen LogP contribution in [0.3, 0.4) is 0 Å². The number of carbonyl (C=O) groups is 1. The lowest BCUT2D eigenvalue weighted by Crippen LogP contribution is -2.30. The lowest BCUT2D eigenvalue weighted by Gasteiger charge is -2.27. The molecule has 0 radical (unpaired) electrons. The maximum atomic E-state index is 13.8. The third-order valence-corrected chi connectivity index (χ3v) is 8.46. The minimum atomic E-state index is -0.0822. The number of fused-ring (bicyclic) bond motifs is 1. The van der Waals surface area contributed by atoms with Gasteiger partial charge in [0.15, 0.2) is 0 Å². The largest absolute Gasteiger partial charge is 0.381 e. The standard InChI is InChI=1S/C33H40N6O/c1-2-25-21-35-30-11-9-26(27-17-24(19-34-20-27)23-38-13-5-3-6-14-38)18-29(30)32(25)33(40)37-28-10-12-31(36-22-28)39-15-7-4-8-16-39/h9-12,17-20,22,35H,2-8,13-16,21,23H2,1H3,(H,37,40). The monoisotopic (exact) mass is 536 g/mol. The van der Waals surface area contributed by atoms with Crippen LogP contribution in [-0.4, -0.2) is 53.5 Å². The topological polar surface area (TPSA) is 73.4 Å². The second-order valence-electron chi connectivity index (χ2n) is 11.3. The van der Waals surface area contributed by atoms with E-state index in [1.54, 1.807) is 6.20 Å². The molecule has 0 spiro atoms. The molecule has 7 nitrogen and oxygen atoms in total. The first kappa shape index (κ1) is 26.5. The van der Waals surface area contributed by atoms with Crippen LogP contribution in [0.5, 0.6) is 0 Å². The number of hydrogen-bond donors (Lipinski definition) is 2. The summed E-state index contributed by atoms with van der Waals surface area (Å²) in [7, 11) is 0. The number of hydrogen-bond acceptors (Lipinski definition) is 6. The fourth-order valence-electron chi connectivity index (χ4n) is 6.22. The molecule has 1 amide bonds. The van der Waals surface area contributed by atoms with Crippen LogP contribution in [0.1, 0.15) is 63.0 Å². The van der Waals surface area contributed by atoms with Crippen molar-refractivity contribution in [2.75, 3.05) is 48.3 Å². The second kappa shape index (κ2) is 12.2. The summed E-state index contributed by atoms with van der Waals surface area (Å²) >= 11 is 0. The second-order valence-corrected chi connectivity index (χ2v) is 11.3. The van der Waals surface area contributed by atoms with Crippen LogP contribution in [0.15, 0.2) is 60.6 Å². The Kier molecular flexibility index (Phi) is 8.09. The number of rotatable bonds is 7. The highest BCUT2D eigenvalue weighted by molar-refractivity contribution is 6.28. The Hall–Kier alpha value is -3.71. The van der Waals surface area contributed by atoms with Gasteiger partial charge in [-0.05, 0) is 98.6 Å². The zero-order valence-corrected chi connectivity index (χ0v) is 23.6. The maximum Gasteiger partial charge on any atom is 0.256 e. The first-order chi connectivity index (χ1) is 19.7. The molecule has 208 valence electrons. The van der Waals surface area contributed by atoms with Crippen LogP contribution < -0.4 is 15.5 Å². The van der Waals surface area contributed by atoms with Gasteiger partial charge in [0.2, 0.25) is 0 Å². The van der Waals surface area contributed by atoms with Crippen molar-refractivity contribution in [3.05, 3.63) is 71.7 Å². The summed E-state index contributed by atoms with van der Waals surface area (Å²) < 4.78 is 0. The van der Waals surface area contributed by atoms with E-state index < -0.39 is 0 Å². The number of pyridine rings is 2. The van der Waals surface area contributed by atoms with Gasteiger partial charge in [-0.25, -0.2) is 4.98 Å². The van der Waals surface area contributed by atoms with Crippen LogP contribution >= 0.6 is 0 Å². The summed E-state index contributed by atoms with van der Waals surface area (Å²) in [6.45, 7) is 8.14. The van der Waals surface area contributed by atoms with Gasteiger partial charge in [-0.1, -0.05) is 19.4 Å². The van der Waals surface area contributed by atoms with E-state index in [1.165, 1.54) is 44.1 Å². The molecule has 2 saturated heterocycles. The smallest absolute Gasteiger partial charge is 0.256 e. The predicted octanol–water partition coefficient (Wildman–Crippen LogP) is 6.35. The Morgan fingerprint density at radius 1 is 0.900 bits per heavy atom. The van der Waals surface area contributed by atoms with Crippen molar-refractivity contribution in [3.8, 4) is 11.1 Å². The molecule has 1 aromatic carbocycles. The first-order valence-electron chi connectivity index (χ1n) is 15.0. The molecular weight excluding hydrogens is 496 g/mol. The molecule has 0 aliphatic carbocycles. The van der Waals surface area contributed by atoms with E-state index in [0.29, 0.717) is 6.54 Å². The number of nitrogens with one attached hydrogen (secondary N) is 2. The van der Waals surface area contributed by atoms with Crippen LogP contribution in [-0.2, 0) is 11.3 Å². The first-order valence-corrected chi connectivity index (χ1v) is 15.0. The number of nitrogens with zero attached hydrogens (tertiary/aromatic N) is 4. The molecule has 0 atom stereocenters. The molecule has 2 N–H and O–H groups in total. The molecule has 0 saturated carbocycles. The van der Waals surface area contributed by atoms with Crippen molar-refractivity contribution in [2.45, 2.75) is 58.4 Å².